The summed E-state index contributed by atoms with van der Waals surface area (Å²) in [5, 5.41) is 11.8. The third kappa shape index (κ3) is 2.25. The van der Waals surface area contributed by atoms with E-state index in [1.807, 2.05) is 0 Å². The molecule has 0 spiro atoms. The minimum absolute atomic E-state index is 0.0203. The number of fused-ring (bicyclic) bond motifs is 1. The molecule has 1 unspecified atom stereocenters. The summed E-state index contributed by atoms with van der Waals surface area (Å²) in [6.45, 7) is 2.10. The molecule has 1 saturated heterocycles. The molecule has 1 aliphatic heterocycles. The number of nitrogens with zero attached hydrogens (tertiary/aromatic N) is 3. The van der Waals surface area contributed by atoms with Crippen molar-refractivity contribution >= 4 is 37.9 Å². The Labute approximate surface area is 125 Å². The van der Waals surface area contributed by atoms with Crippen molar-refractivity contribution in [1.29, 1.82) is 0 Å². The zero-order chi connectivity index (χ0) is 14.5. The van der Waals surface area contributed by atoms with Gasteiger partial charge in [0.25, 0.3) is 10.0 Å². The second-order valence-electron chi connectivity index (χ2n) is 5.20. The molecule has 0 bridgehead atoms. The van der Waals surface area contributed by atoms with Crippen molar-refractivity contribution in [2.45, 2.75) is 30.4 Å². The standard InChI is InChI=1S/C11H14ClN3O3S2/c1-11(16)3-2-4-14(7-11)20(17,18)9-8(12)13-10-15(9)5-6-19-10/h5-6,16H,2-4,7H2,1H3. The van der Waals surface area contributed by atoms with Gasteiger partial charge in [0.05, 0.1) is 5.60 Å². The molecule has 1 atom stereocenters. The molecule has 3 heterocycles. The van der Waals surface area contributed by atoms with Gasteiger partial charge >= 0.3 is 0 Å². The van der Waals surface area contributed by atoms with Crippen molar-refractivity contribution in [2.24, 2.45) is 0 Å². The van der Waals surface area contributed by atoms with Gasteiger partial charge in [-0.25, -0.2) is 13.4 Å². The highest BCUT2D eigenvalue weighted by atomic mass is 35.5. The first-order valence-electron chi connectivity index (χ1n) is 6.15. The summed E-state index contributed by atoms with van der Waals surface area (Å²) in [6, 6.07) is 0. The Hall–Kier alpha value is -0.670. The normalized spacial score (nSPS) is 25.4. The second kappa shape index (κ2) is 4.67. The summed E-state index contributed by atoms with van der Waals surface area (Å²) in [7, 11) is -3.77. The molecular weight excluding hydrogens is 322 g/mol. The molecule has 0 aromatic carbocycles. The lowest BCUT2D eigenvalue weighted by molar-refractivity contribution is 0.00933. The Morgan fingerprint density at radius 2 is 2.30 bits per heavy atom. The van der Waals surface area contributed by atoms with Gasteiger partial charge in [-0.3, -0.25) is 4.40 Å². The van der Waals surface area contributed by atoms with E-state index >= 15 is 0 Å². The smallest absolute Gasteiger partial charge is 0.262 e. The van der Waals surface area contributed by atoms with Crippen molar-refractivity contribution in [3.63, 3.8) is 0 Å². The van der Waals surface area contributed by atoms with Gasteiger partial charge in [-0.05, 0) is 19.8 Å². The van der Waals surface area contributed by atoms with E-state index in [1.54, 1.807) is 18.5 Å². The van der Waals surface area contributed by atoms with E-state index in [9.17, 15) is 13.5 Å². The van der Waals surface area contributed by atoms with Crippen LogP contribution in [0.2, 0.25) is 5.15 Å². The Morgan fingerprint density at radius 1 is 1.55 bits per heavy atom. The summed E-state index contributed by atoms with van der Waals surface area (Å²) in [5.41, 5.74) is -1.00. The zero-order valence-corrected chi connectivity index (χ0v) is 13.2. The van der Waals surface area contributed by atoms with Gasteiger partial charge in [-0.2, -0.15) is 4.31 Å². The summed E-state index contributed by atoms with van der Waals surface area (Å²) < 4.78 is 28.2. The lowest BCUT2D eigenvalue weighted by Crippen LogP contribution is -2.48. The predicted octanol–water partition coefficient (Wildman–Crippen LogP) is 1.58. The maximum atomic E-state index is 12.7. The average Bonchev–Trinajstić information content (AvgIpc) is 2.86. The van der Waals surface area contributed by atoms with E-state index < -0.39 is 15.6 Å². The van der Waals surface area contributed by atoms with Crippen molar-refractivity contribution in [1.82, 2.24) is 13.7 Å². The maximum absolute atomic E-state index is 12.7. The highest BCUT2D eigenvalue weighted by molar-refractivity contribution is 7.89. The number of halogens is 1. The molecule has 0 amide bonds. The summed E-state index contributed by atoms with van der Waals surface area (Å²) >= 11 is 7.31. The van der Waals surface area contributed by atoms with Crippen LogP contribution in [0, 0.1) is 0 Å². The van der Waals surface area contributed by atoms with Crippen LogP contribution < -0.4 is 0 Å². The average molecular weight is 336 g/mol. The van der Waals surface area contributed by atoms with E-state index in [4.69, 9.17) is 11.6 Å². The molecular formula is C11H14ClN3O3S2. The number of imidazole rings is 1. The SMILES string of the molecule is CC1(O)CCCN(S(=O)(=O)c2c(Cl)nc3sccn23)C1. The number of hydrogen-bond acceptors (Lipinski definition) is 5. The molecule has 2 aromatic rings. The minimum atomic E-state index is -3.77. The summed E-state index contributed by atoms with van der Waals surface area (Å²) in [4.78, 5) is 4.59. The van der Waals surface area contributed by atoms with Crippen molar-refractivity contribution in [3.8, 4) is 0 Å². The van der Waals surface area contributed by atoms with Gasteiger partial charge < -0.3 is 5.11 Å². The Bertz CT molecular complexity index is 750. The number of aromatic nitrogens is 2. The molecule has 2 aromatic heterocycles. The van der Waals surface area contributed by atoms with E-state index in [0.717, 1.165) is 0 Å². The minimum Gasteiger partial charge on any atom is -0.389 e. The third-order valence-corrected chi connectivity index (χ3v) is 6.41. The second-order valence-corrected chi connectivity index (χ2v) is 8.29. The maximum Gasteiger partial charge on any atom is 0.262 e. The lowest BCUT2D eigenvalue weighted by atomic mass is 9.97. The van der Waals surface area contributed by atoms with E-state index in [1.165, 1.54) is 20.0 Å². The fourth-order valence-corrected chi connectivity index (χ4v) is 5.47. The van der Waals surface area contributed by atoms with Crippen LogP contribution in [-0.4, -0.2) is 45.9 Å². The molecule has 0 saturated carbocycles. The van der Waals surface area contributed by atoms with Crippen molar-refractivity contribution < 1.29 is 13.5 Å². The largest absolute Gasteiger partial charge is 0.389 e. The van der Waals surface area contributed by atoms with Crippen molar-refractivity contribution in [2.75, 3.05) is 13.1 Å². The fraction of sp³-hybridized carbons (Fsp3) is 0.545. The fourth-order valence-electron chi connectivity index (χ4n) is 2.47. The Balaban J connectivity index is 2.08. The van der Waals surface area contributed by atoms with Crippen LogP contribution in [0.4, 0.5) is 0 Å². The molecule has 1 N–H and O–H groups in total. The molecule has 0 aliphatic carbocycles. The highest BCUT2D eigenvalue weighted by Gasteiger charge is 2.38. The van der Waals surface area contributed by atoms with Crippen LogP contribution in [0.15, 0.2) is 16.6 Å². The number of thiazole rings is 1. The van der Waals surface area contributed by atoms with Crippen LogP contribution in [0.5, 0.6) is 0 Å². The van der Waals surface area contributed by atoms with Gasteiger partial charge in [0.2, 0.25) is 0 Å². The van der Waals surface area contributed by atoms with Gasteiger partial charge in [0.15, 0.2) is 15.1 Å². The van der Waals surface area contributed by atoms with Gasteiger partial charge in [-0.1, -0.05) is 11.6 Å². The quantitative estimate of drug-likeness (QED) is 0.904. The number of sulfonamides is 1. The monoisotopic (exact) mass is 335 g/mol. The highest BCUT2D eigenvalue weighted by Crippen LogP contribution is 2.31. The van der Waals surface area contributed by atoms with Crippen LogP contribution in [0.3, 0.4) is 0 Å². The van der Waals surface area contributed by atoms with E-state index in [-0.39, 0.29) is 16.7 Å². The molecule has 6 nitrogen and oxygen atoms in total. The molecule has 20 heavy (non-hydrogen) atoms. The Morgan fingerprint density at radius 3 is 3.00 bits per heavy atom. The number of piperidine rings is 1. The van der Waals surface area contributed by atoms with E-state index in [0.29, 0.717) is 24.3 Å². The van der Waals surface area contributed by atoms with Gasteiger partial charge in [0.1, 0.15) is 0 Å². The lowest BCUT2D eigenvalue weighted by Gasteiger charge is -2.35. The first-order chi connectivity index (χ1) is 9.31. The number of rotatable bonds is 2. The topological polar surface area (TPSA) is 74.9 Å². The predicted molar refractivity (Wildman–Crippen MR) is 76.7 cm³/mol. The zero-order valence-electron chi connectivity index (χ0n) is 10.8. The molecule has 9 heteroatoms. The Kier molecular flexibility index (Phi) is 3.33. The van der Waals surface area contributed by atoms with Crippen LogP contribution in [0.1, 0.15) is 19.8 Å². The number of aliphatic hydroxyl groups is 1. The first-order valence-corrected chi connectivity index (χ1v) is 8.85. The molecule has 0 radical (unpaired) electrons. The molecule has 1 fully saturated rings. The van der Waals surface area contributed by atoms with Crippen molar-refractivity contribution in [3.05, 3.63) is 16.7 Å². The van der Waals surface area contributed by atoms with Crippen LogP contribution >= 0.6 is 22.9 Å². The summed E-state index contributed by atoms with van der Waals surface area (Å²) in [5.74, 6) is 0. The molecule has 1 aliphatic rings. The van der Waals surface area contributed by atoms with E-state index in [2.05, 4.69) is 4.98 Å². The molecule has 110 valence electrons. The van der Waals surface area contributed by atoms with Crippen LogP contribution in [0.25, 0.3) is 4.96 Å². The van der Waals surface area contributed by atoms with Gasteiger partial charge in [0, 0.05) is 24.7 Å². The third-order valence-electron chi connectivity index (χ3n) is 3.40. The number of β-amino-alcohol motifs (C(OH)–C–C–N with tert-alkyl or cyclic N) is 1. The van der Waals surface area contributed by atoms with Crippen LogP contribution in [-0.2, 0) is 10.0 Å². The molecule has 3 rings (SSSR count). The van der Waals surface area contributed by atoms with Gasteiger partial charge in [-0.15, -0.1) is 11.3 Å². The number of hydrogen-bond donors (Lipinski definition) is 1. The summed E-state index contributed by atoms with van der Waals surface area (Å²) in [6.07, 6.45) is 2.84. The first kappa shape index (κ1) is 14.3.